The number of carboxylic acid groups (broad SMARTS) is 1. The molecule has 1 saturated carbocycles. The average Bonchev–Trinajstić information content (AvgIpc) is 2.61. The topological polar surface area (TPSA) is 71.0 Å². The van der Waals surface area contributed by atoms with E-state index in [0.29, 0.717) is 6.04 Å². The first-order chi connectivity index (χ1) is 12.4. The Morgan fingerprint density at radius 1 is 1.31 bits per heavy atom. The zero-order chi connectivity index (χ0) is 18.7. The molecule has 0 spiro atoms. The second-order valence-electron chi connectivity index (χ2n) is 7.95. The molecule has 0 atom stereocenters. The minimum absolute atomic E-state index is 0.148. The average molecular weight is 362 g/mol. The van der Waals surface area contributed by atoms with Crippen LogP contribution in [-0.2, 0) is 9.53 Å². The molecule has 2 aliphatic rings. The molecule has 1 aliphatic carbocycles. The smallest absolute Gasteiger partial charge is 0.306 e. The number of rotatable bonds is 5. The zero-order valence-corrected chi connectivity index (χ0v) is 16.0. The van der Waals surface area contributed by atoms with E-state index in [0.717, 1.165) is 62.5 Å². The first-order valence-corrected chi connectivity index (χ1v) is 9.44. The summed E-state index contributed by atoms with van der Waals surface area (Å²) in [5, 5.41) is 12.7. The molecule has 1 aromatic rings. The Bertz CT molecular complexity index is 639. The van der Waals surface area contributed by atoms with E-state index in [9.17, 15) is 4.79 Å². The minimum Gasteiger partial charge on any atom is -0.495 e. The van der Waals surface area contributed by atoms with E-state index < -0.39 is 5.97 Å². The molecule has 144 valence electrons. The second kappa shape index (κ2) is 7.74. The number of anilines is 2. The molecule has 2 fully saturated rings. The molecule has 3 rings (SSSR count). The summed E-state index contributed by atoms with van der Waals surface area (Å²) in [6, 6.07) is 6.56. The van der Waals surface area contributed by atoms with Crippen molar-refractivity contribution in [2.45, 2.75) is 51.2 Å². The fraction of sp³-hybridized carbons (Fsp3) is 0.650. The molecule has 0 radical (unpaired) electrons. The third kappa shape index (κ3) is 4.41. The lowest BCUT2D eigenvalue weighted by Gasteiger charge is -2.39. The van der Waals surface area contributed by atoms with Crippen LogP contribution in [0.4, 0.5) is 11.4 Å². The third-order valence-electron chi connectivity index (χ3n) is 5.41. The van der Waals surface area contributed by atoms with Crippen LogP contribution in [0.15, 0.2) is 18.2 Å². The number of nitrogens with one attached hydrogen (secondary N) is 1. The number of hydrogen-bond acceptors (Lipinski definition) is 5. The van der Waals surface area contributed by atoms with Crippen LogP contribution in [0.2, 0.25) is 0 Å². The summed E-state index contributed by atoms with van der Waals surface area (Å²) in [5.41, 5.74) is 1.96. The van der Waals surface area contributed by atoms with Crippen molar-refractivity contribution in [1.29, 1.82) is 0 Å². The summed E-state index contributed by atoms with van der Waals surface area (Å²) < 4.78 is 11.4. The van der Waals surface area contributed by atoms with Crippen molar-refractivity contribution in [3.8, 4) is 5.75 Å². The summed E-state index contributed by atoms with van der Waals surface area (Å²) in [4.78, 5) is 13.4. The monoisotopic (exact) mass is 362 g/mol. The number of carbonyl (C=O) groups is 1. The van der Waals surface area contributed by atoms with Gasteiger partial charge in [0.15, 0.2) is 0 Å². The molecule has 6 nitrogen and oxygen atoms in total. The van der Waals surface area contributed by atoms with Crippen molar-refractivity contribution in [2.75, 3.05) is 37.0 Å². The maximum atomic E-state index is 11.1. The number of methoxy groups -OCH3 is 1. The van der Waals surface area contributed by atoms with E-state index >= 15 is 0 Å². The number of ether oxygens (including phenoxy) is 2. The van der Waals surface area contributed by atoms with Gasteiger partial charge in [-0.15, -0.1) is 0 Å². The Morgan fingerprint density at radius 3 is 2.65 bits per heavy atom. The van der Waals surface area contributed by atoms with E-state index in [-0.39, 0.29) is 11.5 Å². The molecule has 0 amide bonds. The van der Waals surface area contributed by atoms with Crippen LogP contribution in [0.1, 0.15) is 39.5 Å². The van der Waals surface area contributed by atoms with Gasteiger partial charge in [0.25, 0.3) is 0 Å². The van der Waals surface area contributed by atoms with Crippen LogP contribution in [0.3, 0.4) is 0 Å². The fourth-order valence-corrected chi connectivity index (χ4v) is 3.94. The molecular weight excluding hydrogens is 332 g/mol. The first-order valence-electron chi connectivity index (χ1n) is 9.44. The molecule has 1 heterocycles. The van der Waals surface area contributed by atoms with Crippen LogP contribution in [-0.4, -0.2) is 49.5 Å². The number of aliphatic carboxylic acids is 1. The number of benzene rings is 1. The molecular formula is C20H30N2O4. The summed E-state index contributed by atoms with van der Waals surface area (Å²) in [7, 11) is 1.69. The first kappa shape index (κ1) is 18.8. The van der Waals surface area contributed by atoms with Crippen LogP contribution in [0.25, 0.3) is 0 Å². The van der Waals surface area contributed by atoms with E-state index in [1.165, 1.54) is 0 Å². The lowest BCUT2D eigenvalue weighted by molar-refractivity contribution is -0.142. The lowest BCUT2D eigenvalue weighted by Crippen LogP contribution is -2.48. The predicted molar refractivity (Wildman–Crippen MR) is 102 cm³/mol. The highest BCUT2D eigenvalue weighted by atomic mass is 16.5. The summed E-state index contributed by atoms with van der Waals surface area (Å²) in [6.07, 6.45) is 3.21. The van der Waals surface area contributed by atoms with E-state index in [4.69, 9.17) is 14.6 Å². The number of hydrogen-bond donors (Lipinski definition) is 2. The highest BCUT2D eigenvalue weighted by Gasteiger charge is 2.28. The van der Waals surface area contributed by atoms with E-state index in [1.54, 1.807) is 7.11 Å². The predicted octanol–water partition coefficient (Wildman–Crippen LogP) is 3.37. The summed E-state index contributed by atoms with van der Waals surface area (Å²) in [5.74, 6) is -0.0343. The van der Waals surface area contributed by atoms with Crippen LogP contribution in [0.5, 0.6) is 5.75 Å². The lowest BCUT2D eigenvalue weighted by atomic mass is 9.86. The second-order valence-corrected chi connectivity index (χ2v) is 7.95. The van der Waals surface area contributed by atoms with Crippen molar-refractivity contribution >= 4 is 17.3 Å². The van der Waals surface area contributed by atoms with Gasteiger partial charge in [-0.3, -0.25) is 4.79 Å². The van der Waals surface area contributed by atoms with Crippen molar-refractivity contribution < 1.29 is 19.4 Å². The minimum atomic E-state index is -0.668. The van der Waals surface area contributed by atoms with E-state index in [1.807, 2.05) is 0 Å². The SMILES string of the molecule is COc1cc(N2CCOC(C)(C)C2)ccc1NC1CCC(C(=O)O)CC1. The maximum absolute atomic E-state index is 11.1. The fourth-order valence-electron chi connectivity index (χ4n) is 3.94. The Labute approximate surface area is 155 Å². The quantitative estimate of drug-likeness (QED) is 0.837. The van der Waals surface area contributed by atoms with Crippen molar-refractivity contribution in [1.82, 2.24) is 0 Å². The van der Waals surface area contributed by atoms with Crippen LogP contribution in [0, 0.1) is 5.92 Å². The van der Waals surface area contributed by atoms with Gasteiger partial charge in [-0.2, -0.15) is 0 Å². The molecule has 1 aliphatic heterocycles. The van der Waals surface area contributed by atoms with Crippen LogP contribution < -0.4 is 15.0 Å². The molecule has 0 bridgehead atoms. The standard InChI is InChI=1S/C20H30N2O4/c1-20(2)13-22(10-11-26-20)16-8-9-17(18(12-16)25-3)21-15-6-4-14(5-7-15)19(23)24/h8-9,12,14-15,21H,4-7,10-11,13H2,1-3H3,(H,23,24). The maximum Gasteiger partial charge on any atom is 0.306 e. The summed E-state index contributed by atoms with van der Waals surface area (Å²) in [6.45, 7) is 6.67. The molecule has 26 heavy (non-hydrogen) atoms. The van der Waals surface area contributed by atoms with Gasteiger partial charge >= 0.3 is 5.97 Å². The molecule has 6 heteroatoms. The Kier molecular flexibility index (Phi) is 5.61. The van der Waals surface area contributed by atoms with Crippen molar-refractivity contribution in [2.24, 2.45) is 5.92 Å². The molecule has 0 aromatic heterocycles. The number of nitrogens with zero attached hydrogens (tertiary/aromatic N) is 1. The Balaban J connectivity index is 1.67. The number of carboxylic acids is 1. The Morgan fingerprint density at radius 2 is 2.04 bits per heavy atom. The molecule has 1 aromatic carbocycles. The highest BCUT2D eigenvalue weighted by molar-refractivity contribution is 5.70. The van der Waals surface area contributed by atoms with Crippen LogP contribution >= 0.6 is 0 Å². The van der Waals surface area contributed by atoms with Gasteiger partial charge in [-0.05, 0) is 51.7 Å². The molecule has 0 unspecified atom stereocenters. The van der Waals surface area contributed by atoms with Gasteiger partial charge in [0.05, 0.1) is 30.9 Å². The molecule has 1 saturated heterocycles. The van der Waals surface area contributed by atoms with Crippen molar-refractivity contribution in [3.05, 3.63) is 18.2 Å². The normalized spacial score (nSPS) is 25.6. The van der Waals surface area contributed by atoms with Gasteiger partial charge in [0.2, 0.25) is 0 Å². The number of morpholine rings is 1. The summed E-state index contributed by atoms with van der Waals surface area (Å²) >= 11 is 0. The van der Waals surface area contributed by atoms with Gasteiger partial charge in [0.1, 0.15) is 5.75 Å². The van der Waals surface area contributed by atoms with Crippen molar-refractivity contribution in [3.63, 3.8) is 0 Å². The van der Waals surface area contributed by atoms with Gasteiger partial charge in [-0.25, -0.2) is 0 Å². The van der Waals surface area contributed by atoms with Gasteiger partial charge < -0.3 is 24.8 Å². The van der Waals surface area contributed by atoms with Gasteiger partial charge in [0, 0.05) is 30.9 Å². The molecule has 2 N–H and O–H groups in total. The Hall–Kier alpha value is -1.95. The highest BCUT2D eigenvalue weighted by Crippen LogP contribution is 2.34. The van der Waals surface area contributed by atoms with E-state index in [2.05, 4.69) is 42.3 Å². The largest absolute Gasteiger partial charge is 0.495 e. The zero-order valence-electron chi connectivity index (χ0n) is 16.0. The third-order valence-corrected chi connectivity index (χ3v) is 5.41. The van der Waals surface area contributed by atoms with Gasteiger partial charge in [-0.1, -0.05) is 0 Å².